The zero-order chi connectivity index (χ0) is 13.0. The summed E-state index contributed by atoms with van der Waals surface area (Å²) in [6, 6.07) is 9.93. The third kappa shape index (κ3) is 2.97. The number of hydrogen-bond acceptors (Lipinski definition) is 4. The van der Waals surface area contributed by atoms with E-state index in [0.717, 1.165) is 11.1 Å². The van der Waals surface area contributed by atoms with E-state index < -0.39 is 0 Å². The van der Waals surface area contributed by atoms with E-state index in [1.165, 1.54) is 0 Å². The van der Waals surface area contributed by atoms with Gasteiger partial charge in [-0.05, 0) is 5.56 Å². The number of ether oxygens (including phenoxy) is 1. The zero-order valence-corrected chi connectivity index (χ0v) is 10.8. The topological polar surface area (TPSA) is 61.0 Å². The summed E-state index contributed by atoms with van der Waals surface area (Å²) >= 11 is 6.13. The predicted molar refractivity (Wildman–Crippen MR) is 71.4 cm³/mol. The fraction of sp³-hybridized carbons (Fsp3) is 0.231. The van der Waals surface area contributed by atoms with Gasteiger partial charge in [-0.1, -0.05) is 41.9 Å². The average molecular weight is 264 g/mol. The minimum atomic E-state index is 0.301. The van der Waals surface area contributed by atoms with Crippen LogP contribution in [0.15, 0.2) is 30.3 Å². The van der Waals surface area contributed by atoms with Crippen molar-refractivity contribution >= 4 is 17.4 Å². The number of methoxy groups -OCH3 is 1. The highest BCUT2D eigenvalue weighted by Gasteiger charge is 2.11. The van der Waals surface area contributed by atoms with Gasteiger partial charge in [0.1, 0.15) is 17.6 Å². The van der Waals surface area contributed by atoms with E-state index >= 15 is 0 Å². The first-order valence-corrected chi connectivity index (χ1v) is 5.92. The number of nitrogens with two attached hydrogens (primary N) is 1. The van der Waals surface area contributed by atoms with Crippen LogP contribution in [0.5, 0.6) is 0 Å². The molecule has 0 aliphatic carbocycles. The lowest BCUT2D eigenvalue weighted by molar-refractivity contribution is 0.178. The van der Waals surface area contributed by atoms with Crippen molar-refractivity contribution in [3.8, 4) is 0 Å². The molecule has 0 aliphatic rings. The van der Waals surface area contributed by atoms with Gasteiger partial charge in [-0.2, -0.15) is 0 Å². The number of rotatable bonds is 4. The molecule has 18 heavy (non-hydrogen) atoms. The molecule has 1 aromatic heterocycles. The first-order valence-electron chi connectivity index (χ1n) is 5.54. The van der Waals surface area contributed by atoms with Gasteiger partial charge in [-0.15, -0.1) is 0 Å². The highest BCUT2D eigenvalue weighted by atomic mass is 35.5. The Morgan fingerprint density at radius 2 is 1.94 bits per heavy atom. The Morgan fingerprint density at radius 3 is 2.56 bits per heavy atom. The van der Waals surface area contributed by atoms with Crippen LogP contribution in [-0.4, -0.2) is 17.1 Å². The summed E-state index contributed by atoms with van der Waals surface area (Å²) in [5.41, 5.74) is 7.78. The maximum atomic E-state index is 6.13. The Morgan fingerprint density at radius 1 is 1.22 bits per heavy atom. The van der Waals surface area contributed by atoms with E-state index in [4.69, 9.17) is 22.1 Å². The molecule has 2 N–H and O–H groups in total. The second-order valence-electron chi connectivity index (χ2n) is 3.89. The van der Waals surface area contributed by atoms with Gasteiger partial charge in [0, 0.05) is 19.1 Å². The van der Waals surface area contributed by atoms with Crippen molar-refractivity contribution in [3.63, 3.8) is 0 Å². The highest BCUT2D eigenvalue weighted by Crippen LogP contribution is 2.22. The van der Waals surface area contributed by atoms with Crippen LogP contribution in [-0.2, 0) is 17.8 Å². The van der Waals surface area contributed by atoms with Crippen LogP contribution in [0, 0.1) is 0 Å². The molecule has 5 heteroatoms. The third-order valence-electron chi connectivity index (χ3n) is 2.53. The van der Waals surface area contributed by atoms with Crippen molar-refractivity contribution in [2.45, 2.75) is 13.0 Å². The number of anilines is 1. The molecule has 0 aliphatic heterocycles. The fourth-order valence-corrected chi connectivity index (χ4v) is 1.94. The van der Waals surface area contributed by atoms with Gasteiger partial charge in [0.15, 0.2) is 5.82 Å². The molecule has 94 valence electrons. The monoisotopic (exact) mass is 263 g/mol. The lowest BCUT2D eigenvalue weighted by Crippen LogP contribution is -2.06. The number of nitrogens with zero attached hydrogens (tertiary/aromatic N) is 2. The van der Waals surface area contributed by atoms with Gasteiger partial charge in [-0.25, -0.2) is 9.97 Å². The predicted octanol–water partition coefficient (Wildman–Crippen LogP) is 2.45. The van der Waals surface area contributed by atoms with E-state index in [2.05, 4.69) is 9.97 Å². The molecular weight excluding hydrogens is 250 g/mol. The largest absolute Gasteiger partial charge is 0.383 e. The molecule has 0 saturated heterocycles. The van der Waals surface area contributed by atoms with Gasteiger partial charge in [-0.3, -0.25) is 0 Å². The molecule has 1 heterocycles. The van der Waals surface area contributed by atoms with Crippen LogP contribution in [0.25, 0.3) is 0 Å². The Labute approximate surface area is 111 Å². The second-order valence-corrected chi connectivity index (χ2v) is 4.25. The van der Waals surface area contributed by atoms with Crippen LogP contribution in [0.3, 0.4) is 0 Å². The quantitative estimate of drug-likeness (QED) is 0.861. The fourth-order valence-electron chi connectivity index (χ4n) is 1.68. The Bertz CT molecular complexity index is 508. The molecule has 0 saturated carbocycles. The van der Waals surface area contributed by atoms with Crippen molar-refractivity contribution in [3.05, 3.63) is 52.4 Å². The van der Waals surface area contributed by atoms with E-state index in [-0.39, 0.29) is 0 Å². The molecule has 0 atom stereocenters. The van der Waals surface area contributed by atoms with Gasteiger partial charge in [0.05, 0.1) is 0 Å². The molecule has 0 radical (unpaired) electrons. The molecule has 1 aromatic carbocycles. The summed E-state index contributed by atoms with van der Waals surface area (Å²) in [7, 11) is 1.57. The van der Waals surface area contributed by atoms with E-state index in [1.807, 2.05) is 30.3 Å². The van der Waals surface area contributed by atoms with Crippen LogP contribution < -0.4 is 5.73 Å². The first kappa shape index (κ1) is 12.8. The molecule has 2 aromatic rings. The maximum Gasteiger partial charge on any atom is 0.158 e. The molecule has 2 rings (SSSR count). The highest BCUT2D eigenvalue weighted by molar-refractivity contribution is 6.30. The molecule has 0 fully saturated rings. The number of aromatic nitrogens is 2. The summed E-state index contributed by atoms with van der Waals surface area (Å²) in [5.74, 6) is 0.905. The molecule has 0 bridgehead atoms. The van der Waals surface area contributed by atoms with Crippen LogP contribution >= 0.6 is 11.6 Å². The van der Waals surface area contributed by atoms with Crippen molar-refractivity contribution in [1.82, 2.24) is 9.97 Å². The van der Waals surface area contributed by atoms with Gasteiger partial charge in [0.25, 0.3) is 0 Å². The van der Waals surface area contributed by atoms with Crippen LogP contribution in [0.1, 0.15) is 17.0 Å². The molecule has 0 unspecified atom stereocenters. The summed E-state index contributed by atoms with van der Waals surface area (Å²) in [5, 5.41) is 0.387. The Hall–Kier alpha value is -1.65. The minimum absolute atomic E-state index is 0.301. The van der Waals surface area contributed by atoms with Crippen molar-refractivity contribution in [2.24, 2.45) is 0 Å². The molecule has 4 nitrogen and oxygen atoms in total. The zero-order valence-electron chi connectivity index (χ0n) is 10.1. The summed E-state index contributed by atoms with van der Waals surface area (Å²) < 4.78 is 4.96. The molecule has 0 amide bonds. The van der Waals surface area contributed by atoms with E-state index in [0.29, 0.717) is 29.8 Å². The second kappa shape index (κ2) is 5.80. The lowest BCUT2D eigenvalue weighted by Gasteiger charge is -2.09. The SMILES string of the molecule is COCc1nc(N)c(Cc2ccccc2)c(Cl)n1. The van der Waals surface area contributed by atoms with E-state index in [9.17, 15) is 0 Å². The molecular formula is C13H14ClN3O. The van der Waals surface area contributed by atoms with Gasteiger partial charge in [0.2, 0.25) is 0 Å². The van der Waals surface area contributed by atoms with Gasteiger partial charge < -0.3 is 10.5 Å². The van der Waals surface area contributed by atoms with Crippen LogP contribution in [0.2, 0.25) is 5.15 Å². The van der Waals surface area contributed by atoms with Crippen molar-refractivity contribution < 1.29 is 4.74 Å². The lowest BCUT2D eigenvalue weighted by atomic mass is 10.1. The Kier molecular flexibility index (Phi) is 4.12. The third-order valence-corrected chi connectivity index (χ3v) is 2.84. The van der Waals surface area contributed by atoms with Crippen LogP contribution in [0.4, 0.5) is 5.82 Å². The smallest absolute Gasteiger partial charge is 0.158 e. The normalized spacial score (nSPS) is 10.6. The summed E-state index contributed by atoms with van der Waals surface area (Å²) in [6.45, 7) is 0.301. The maximum absolute atomic E-state index is 6.13. The standard InChI is InChI=1S/C13H14ClN3O/c1-18-8-11-16-12(14)10(13(15)17-11)7-9-5-3-2-4-6-9/h2-6H,7-8H2,1H3,(H2,15,16,17). The summed E-state index contributed by atoms with van der Waals surface area (Å²) in [6.07, 6.45) is 0.624. The summed E-state index contributed by atoms with van der Waals surface area (Å²) in [4.78, 5) is 8.35. The average Bonchev–Trinajstić information content (AvgIpc) is 2.36. The van der Waals surface area contributed by atoms with Crippen molar-refractivity contribution in [1.29, 1.82) is 0 Å². The molecule has 0 spiro atoms. The Balaban J connectivity index is 2.28. The number of benzene rings is 1. The minimum Gasteiger partial charge on any atom is -0.383 e. The van der Waals surface area contributed by atoms with E-state index in [1.54, 1.807) is 7.11 Å². The van der Waals surface area contributed by atoms with Gasteiger partial charge >= 0.3 is 0 Å². The van der Waals surface area contributed by atoms with Crippen molar-refractivity contribution in [2.75, 3.05) is 12.8 Å². The number of nitrogen functional groups attached to an aromatic ring is 1. The first-order chi connectivity index (χ1) is 8.70. The number of halogens is 1. The number of hydrogen-bond donors (Lipinski definition) is 1.